The van der Waals surface area contributed by atoms with E-state index in [0.717, 1.165) is 44.9 Å². The lowest BCUT2D eigenvalue weighted by Gasteiger charge is -2.41. The van der Waals surface area contributed by atoms with Crippen LogP contribution < -0.4 is 5.32 Å². The van der Waals surface area contributed by atoms with Crippen molar-refractivity contribution in [3.8, 4) is 0 Å². The van der Waals surface area contributed by atoms with Gasteiger partial charge in [0.1, 0.15) is 9.71 Å². The van der Waals surface area contributed by atoms with Crippen LogP contribution in [0.15, 0.2) is 6.07 Å². The lowest BCUT2D eigenvalue weighted by molar-refractivity contribution is 0.0554. The highest BCUT2D eigenvalue weighted by molar-refractivity contribution is 7.21. The van der Waals surface area contributed by atoms with Gasteiger partial charge in [0.2, 0.25) is 0 Å². The molecule has 1 atom stereocenters. The van der Waals surface area contributed by atoms with E-state index in [1.807, 2.05) is 6.92 Å². The molecule has 25 heavy (non-hydrogen) atoms. The second-order valence-corrected chi connectivity index (χ2v) is 8.17. The van der Waals surface area contributed by atoms with E-state index >= 15 is 0 Å². The number of rotatable bonds is 3. The zero-order valence-electron chi connectivity index (χ0n) is 15.1. The van der Waals surface area contributed by atoms with Crippen molar-refractivity contribution in [3.05, 3.63) is 22.2 Å². The van der Waals surface area contributed by atoms with Crippen molar-refractivity contribution >= 4 is 33.1 Å². The fraction of sp³-hybridized carbons (Fsp3) is 0.579. The number of ether oxygens (including phenoxy) is 1. The molecular weight excluding hydrogens is 334 g/mol. The molecule has 2 aliphatic rings. The molecule has 0 saturated heterocycles. The van der Waals surface area contributed by atoms with Crippen molar-refractivity contribution in [2.75, 3.05) is 12.4 Å². The Bertz CT molecular complexity index is 811. The molecule has 0 radical (unpaired) electrons. The minimum Gasteiger partial charge on any atom is -0.380 e. The highest BCUT2D eigenvalue weighted by atomic mass is 32.1. The largest absolute Gasteiger partial charge is 0.380 e. The first-order chi connectivity index (χ1) is 12.1. The van der Waals surface area contributed by atoms with Crippen molar-refractivity contribution in [3.63, 3.8) is 0 Å². The summed E-state index contributed by atoms with van der Waals surface area (Å²) >= 11 is 1.51. The number of carbonyl (C=O) groups is 1. The van der Waals surface area contributed by atoms with E-state index in [0.29, 0.717) is 12.6 Å². The fourth-order valence-electron chi connectivity index (χ4n) is 4.28. The third-order valence-electron chi connectivity index (χ3n) is 5.34. The number of nitrogens with zero attached hydrogens (tertiary/aromatic N) is 2. The molecule has 1 aliphatic heterocycles. The number of aryl methyl sites for hydroxylation is 1. The van der Waals surface area contributed by atoms with Crippen LogP contribution in [0.25, 0.3) is 10.2 Å². The van der Waals surface area contributed by atoms with E-state index in [-0.39, 0.29) is 12.1 Å². The zero-order chi connectivity index (χ0) is 17.6. The lowest BCUT2D eigenvalue weighted by Crippen LogP contribution is -2.52. The Hall–Kier alpha value is -1.66. The normalized spacial score (nSPS) is 21.5. The molecule has 1 saturated carbocycles. The third-order valence-corrected chi connectivity index (χ3v) is 6.41. The average Bonchev–Trinajstić information content (AvgIpc) is 2.94. The molecule has 1 fully saturated rings. The SMILES string of the molecule is COCc1cc(C)nc2sc3c(c12)NC(C)N(C1CCCCC1)C3=O. The van der Waals surface area contributed by atoms with Crippen LogP contribution in [0.5, 0.6) is 0 Å². The maximum atomic E-state index is 13.3. The summed E-state index contributed by atoms with van der Waals surface area (Å²) < 4.78 is 5.38. The number of hydrogen-bond acceptors (Lipinski definition) is 5. The summed E-state index contributed by atoms with van der Waals surface area (Å²) in [6.07, 6.45) is 5.97. The number of fused-ring (bicyclic) bond motifs is 3. The van der Waals surface area contributed by atoms with Gasteiger partial charge >= 0.3 is 0 Å². The lowest BCUT2D eigenvalue weighted by atomic mass is 9.93. The number of amides is 1. The summed E-state index contributed by atoms with van der Waals surface area (Å²) in [6.45, 7) is 4.61. The summed E-state index contributed by atoms with van der Waals surface area (Å²) in [7, 11) is 1.70. The summed E-state index contributed by atoms with van der Waals surface area (Å²) in [5, 5.41) is 4.65. The maximum absolute atomic E-state index is 13.3. The molecule has 0 bridgehead atoms. The van der Waals surface area contributed by atoms with Gasteiger partial charge in [-0.15, -0.1) is 11.3 Å². The molecule has 1 N–H and O–H groups in total. The van der Waals surface area contributed by atoms with Gasteiger partial charge < -0.3 is 15.0 Å². The minimum absolute atomic E-state index is 0.0117. The Labute approximate surface area is 152 Å². The number of anilines is 1. The summed E-state index contributed by atoms with van der Waals surface area (Å²) in [6, 6.07) is 2.42. The van der Waals surface area contributed by atoms with Crippen molar-refractivity contribution in [1.29, 1.82) is 0 Å². The first-order valence-electron chi connectivity index (χ1n) is 9.11. The van der Waals surface area contributed by atoms with Crippen LogP contribution in [-0.4, -0.2) is 35.1 Å². The summed E-state index contributed by atoms with van der Waals surface area (Å²) in [5.74, 6) is 0.164. The van der Waals surface area contributed by atoms with Crippen LogP contribution >= 0.6 is 11.3 Å². The van der Waals surface area contributed by atoms with Crippen LogP contribution in [0.1, 0.15) is 60.0 Å². The van der Waals surface area contributed by atoms with Gasteiger partial charge in [0.15, 0.2) is 0 Å². The average molecular weight is 359 g/mol. The molecule has 2 aromatic rings. The van der Waals surface area contributed by atoms with E-state index in [1.165, 1.54) is 30.6 Å². The van der Waals surface area contributed by atoms with Crippen LogP contribution in [0.4, 0.5) is 5.69 Å². The Kier molecular flexibility index (Phi) is 4.41. The topological polar surface area (TPSA) is 54.5 Å². The molecule has 134 valence electrons. The van der Waals surface area contributed by atoms with Gasteiger partial charge in [-0.05, 0) is 38.3 Å². The van der Waals surface area contributed by atoms with E-state index in [2.05, 4.69) is 28.2 Å². The molecule has 1 unspecified atom stereocenters. The number of thiophene rings is 1. The number of aromatic nitrogens is 1. The Morgan fingerprint density at radius 2 is 2.12 bits per heavy atom. The molecule has 3 heterocycles. The number of carbonyl (C=O) groups excluding carboxylic acids is 1. The predicted molar refractivity (Wildman–Crippen MR) is 101 cm³/mol. The number of hydrogen-bond donors (Lipinski definition) is 1. The molecule has 1 amide bonds. The third kappa shape index (κ3) is 2.81. The first-order valence-corrected chi connectivity index (χ1v) is 9.93. The van der Waals surface area contributed by atoms with E-state index in [4.69, 9.17) is 4.74 Å². The maximum Gasteiger partial charge on any atom is 0.268 e. The highest BCUT2D eigenvalue weighted by Gasteiger charge is 2.37. The molecule has 1 aliphatic carbocycles. The summed E-state index contributed by atoms with van der Waals surface area (Å²) in [5.41, 5.74) is 3.01. The second-order valence-electron chi connectivity index (χ2n) is 7.17. The molecule has 6 heteroatoms. The van der Waals surface area contributed by atoms with Gasteiger partial charge in [-0.2, -0.15) is 0 Å². The van der Waals surface area contributed by atoms with Gasteiger partial charge in [0.25, 0.3) is 5.91 Å². The Morgan fingerprint density at radius 3 is 2.84 bits per heavy atom. The van der Waals surface area contributed by atoms with Gasteiger partial charge in [-0.1, -0.05) is 19.3 Å². The predicted octanol–water partition coefficient (Wildman–Crippen LogP) is 4.30. The van der Waals surface area contributed by atoms with Crippen LogP contribution in [0.2, 0.25) is 0 Å². The Balaban J connectivity index is 1.80. The zero-order valence-corrected chi connectivity index (χ0v) is 15.9. The van der Waals surface area contributed by atoms with Gasteiger partial charge in [0.05, 0.1) is 18.5 Å². The molecule has 4 rings (SSSR count). The second kappa shape index (κ2) is 6.57. The van der Waals surface area contributed by atoms with Crippen molar-refractivity contribution in [2.24, 2.45) is 0 Å². The summed E-state index contributed by atoms with van der Waals surface area (Å²) in [4.78, 5) is 21.8. The van der Waals surface area contributed by atoms with Crippen LogP contribution in [0.3, 0.4) is 0 Å². The van der Waals surface area contributed by atoms with Crippen molar-refractivity contribution < 1.29 is 9.53 Å². The number of nitrogens with one attached hydrogen (secondary N) is 1. The number of methoxy groups -OCH3 is 1. The first kappa shape index (κ1) is 16.8. The van der Waals surface area contributed by atoms with Crippen LogP contribution in [-0.2, 0) is 11.3 Å². The standard InChI is InChI=1S/C19H25N3O2S/c1-11-9-13(10-24-3)15-16-17(25-18(15)20-11)19(23)22(12(2)21-16)14-7-5-4-6-8-14/h9,12,14,21H,4-8,10H2,1-3H3. The van der Waals surface area contributed by atoms with Gasteiger partial charge in [0, 0.05) is 24.2 Å². The van der Waals surface area contributed by atoms with Crippen molar-refractivity contribution in [1.82, 2.24) is 9.88 Å². The minimum atomic E-state index is 0.0117. The quantitative estimate of drug-likeness (QED) is 0.888. The Morgan fingerprint density at radius 1 is 1.36 bits per heavy atom. The van der Waals surface area contributed by atoms with Gasteiger partial charge in [-0.25, -0.2) is 4.98 Å². The highest BCUT2D eigenvalue weighted by Crippen LogP contribution is 2.42. The molecular formula is C19H25N3O2S. The smallest absolute Gasteiger partial charge is 0.268 e. The van der Waals surface area contributed by atoms with E-state index in [1.54, 1.807) is 7.11 Å². The molecule has 5 nitrogen and oxygen atoms in total. The molecule has 0 aromatic carbocycles. The monoisotopic (exact) mass is 359 g/mol. The van der Waals surface area contributed by atoms with E-state index in [9.17, 15) is 4.79 Å². The van der Waals surface area contributed by atoms with Crippen molar-refractivity contribution in [2.45, 2.75) is 64.8 Å². The number of pyridine rings is 1. The molecule has 0 spiro atoms. The van der Waals surface area contributed by atoms with E-state index < -0.39 is 0 Å². The van der Waals surface area contributed by atoms with Crippen LogP contribution in [0, 0.1) is 6.92 Å². The van der Waals surface area contributed by atoms with Gasteiger partial charge in [-0.3, -0.25) is 4.79 Å². The molecule has 2 aromatic heterocycles. The fourth-order valence-corrected chi connectivity index (χ4v) is 5.46.